The highest BCUT2D eigenvalue weighted by atomic mass is 15.3. The van der Waals surface area contributed by atoms with Crippen LogP contribution in [0.25, 0.3) is 93.7 Å². The van der Waals surface area contributed by atoms with Gasteiger partial charge in [-0.05, 0) is 59.8 Å². The average molecular weight is 653 g/mol. The molecule has 0 aliphatic carbocycles. The Balaban J connectivity index is 1.40. The third-order valence-electron chi connectivity index (χ3n) is 10.3. The molecule has 238 valence electrons. The Bertz CT molecular complexity index is 2850. The molecular weight excluding hydrogens is 625 g/mol. The normalized spacial score (nSPS) is 11.9. The van der Waals surface area contributed by atoms with Crippen LogP contribution in [0.5, 0.6) is 0 Å². The zero-order valence-corrected chi connectivity index (χ0v) is 27.3. The van der Waals surface area contributed by atoms with Crippen LogP contribution in [0.15, 0.2) is 170 Å². The molecule has 6 heteroatoms. The predicted molar refractivity (Wildman–Crippen MR) is 208 cm³/mol. The minimum absolute atomic E-state index is 0.743. The lowest BCUT2D eigenvalue weighted by Gasteiger charge is -2.22. The second kappa shape index (κ2) is 10.7. The van der Waals surface area contributed by atoms with Gasteiger partial charge in [-0.25, -0.2) is 0 Å². The summed E-state index contributed by atoms with van der Waals surface area (Å²) in [6, 6.07) is 58.6. The largest absolute Gasteiger partial charge is 0.309 e. The molecular formula is C45H28N6. The molecule has 6 nitrogen and oxygen atoms in total. The first kappa shape index (κ1) is 27.9. The molecule has 0 saturated heterocycles. The maximum absolute atomic E-state index is 4.71. The summed E-state index contributed by atoms with van der Waals surface area (Å²) in [6.45, 7) is 0. The topological polar surface area (TPSA) is 53.5 Å². The molecule has 0 fully saturated rings. The van der Waals surface area contributed by atoms with Gasteiger partial charge in [-0.3, -0.25) is 0 Å². The highest BCUT2D eigenvalue weighted by Crippen LogP contribution is 2.44. The molecule has 11 aromatic rings. The number of rotatable bonds is 4. The summed E-state index contributed by atoms with van der Waals surface area (Å²) in [7, 11) is 0. The molecule has 4 aromatic heterocycles. The zero-order chi connectivity index (χ0) is 33.5. The summed E-state index contributed by atoms with van der Waals surface area (Å²) in [5.41, 5.74) is 11.5. The van der Waals surface area contributed by atoms with Crippen LogP contribution in [0.1, 0.15) is 0 Å². The first-order valence-corrected chi connectivity index (χ1v) is 17.1. The molecule has 0 N–H and O–H groups in total. The number of para-hydroxylation sites is 6. The number of hydrogen-bond donors (Lipinski definition) is 0. The monoisotopic (exact) mass is 652 g/mol. The van der Waals surface area contributed by atoms with E-state index in [1.165, 1.54) is 32.3 Å². The van der Waals surface area contributed by atoms with Crippen LogP contribution in [0.4, 0.5) is 0 Å². The van der Waals surface area contributed by atoms with E-state index in [0.29, 0.717) is 0 Å². The lowest BCUT2D eigenvalue weighted by atomic mass is 10.0. The smallest absolute Gasteiger partial charge is 0.101 e. The van der Waals surface area contributed by atoms with E-state index in [0.717, 1.165) is 61.4 Å². The van der Waals surface area contributed by atoms with Gasteiger partial charge in [0.1, 0.15) is 5.69 Å². The highest BCUT2D eigenvalue weighted by Gasteiger charge is 2.25. The van der Waals surface area contributed by atoms with Crippen LogP contribution in [0.3, 0.4) is 0 Å². The van der Waals surface area contributed by atoms with Crippen LogP contribution < -0.4 is 0 Å². The number of aromatic nitrogens is 6. The van der Waals surface area contributed by atoms with E-state index in [-0.39, 0.29) is 0 Å². The Morgan fingerprint density at radius 1 is 0.353 bits per heavy atom. The molecule has 0 saturated carbocycles. The van der Waals surface area contributed by atoms with Crippen molar-refractivity contribution in [3.63, 3.8) is 0 Å². The highest BCUT2D eigenvalue weighted by molar-refractivity contribution is 6.13. The van der Waals surface area contributed by atoms with Gasteiger partial charge in [-0.2, -0.15) is 0 Å². The molecule has 4 heterocycles. The minimum atomic E-state index is 0.743. The summed E-state index contributed by atoms with van der Waals surface area (Å²) >= 11 is 0. The Hall–Kier alpha value is -7.05. The van der Waals surface area contributed by atoms with Crippen LogP contribution in [0.2, 0.25) is 0 Å². The van der Waals surface area contributed by atoms with Crippen molar-refractivity contribution in [1.29, 1.82) is 0 Å². The molecule has 11 rings (SSSR count). The average Bonchev–Trinajstić information content (AvgIpc) is 3.84. The molecule has 0 radical (unpaired) electrons. The summed E-state index contributed by atoms with van der Waals surface area (Å²) in [6.07, 6.45) is 1.73. The molecule has 0 amide bonds. The first-order valence-electron chi connectivity index (χ1n) is 17.1. The Morgan fingerprint density at radius 3 is 1.02 bits per heavy atom. The molecule has 0 aliphatic rings. The van der Waals surface area contributed by atoms with Gasteiger partial charge in [0.05, 0.1) is 61.9 Å². The van der Waals surface area contributed by atoms with Crippen LogP contribution in [-0.4, -0.2) is 29.1 Å². The summed E-state index contributed by atoms with van der Waals surface area (Å²) in [5, 5.41) is 20.2. The fraction of sp³-hybridized carbons (Fsp3) is 0. The Kier molecular flexibility index (Phi) is 5.86. The van der Waals surface area contributed by atoms with Gasteiger partial charge in [0.2, 0.25) is 0 Å². The molecule has 0 unspecified atom stereocenters. The quantitative estimate of drug-likeness (QED) is 0.190. The van der Waals surface area contributed by atoms with E-state index in [1.54, 1.807) is 6.20 Å². The number of benzene rings is 7. The maximum Gasteiger partial charge on any atom is 0.101 e. The number of nitrogens with zero attached hydrogens (tertiary/aromatic N) is 6. The third-order valence-corrected chi connectivity index (χ3v) is 10.3. The van der Waals surface area contributed by atoms with E-state index in [9.17, 15) is 0 Å². The number of fused-ring (bicyclic) bond motifs is 9. The van der Waals surface area contributed by atoms with E-state index in [1.807, 2.05) is 6.07 Å². The van der Waals surface area contributed by atoms with E-state index in [2.05, 4.69) is 182 Å². The zero-order valence-electron chi connectivity index (χ0n) is 27.3. The second-order valence-corrected chi connectivity index (χ2v) is 13.0. The lowest BCUT2D eigenvalue weighted by Crippen LogP contribution is -2.08. The van der Waals surface area contributed by atoms with Crippen molar-refractivity contribution >= 4 is 65.4 Å². The van der Waals surface area contributed by atoms with Crippen molar-refractivity contribution in [3.8, 4) is 28.3 Å². The molecule has 0 spiro atoms. The van der Waals surface area contributed by atoms with Crippen LogP contribution in [-0.2, 0) is 0 Å². The fourth-order valence-corrected chi connectivity index (χ4v) is 8.28. The summed E-state index contributed by atoms with van der Waals surface area (Å²) < 4.78 is 7.20. The Labute approximate surface area is 292 Å². The van der Waals surface area contributed by atoms with Gasteiger partial charge in [0.25, 0.3) is 0 Å². The molecule has 51 heavy (non-hydrogen) atoms. The standard InChI is InChI=1S/C45H28N6/c1-7-19-37-30(13-1)31-14-2-8-20-38(31)49(37)29-27-43(50-39-21-9-3-15-32(39)33-16-4-10-22-40(33)50)45(36-25-26-46-48-47-36)44(28-29)51-41-23-11-5-17-34(41)35-18-6-12-24-42(35)51/h1-28H. The molecule has 0 bridgehead atoms. The Morgan fingerprint density at radius 2 is 0.686 bits per heavy atom. The van der Waals surface area contributed by atoms with Crippen molar-refractivity contribution in [2.24, 2.45) is 0 Å². The van der Waals surface area contributed by atoms with Crippen molar-refractivity contribution in [2.45, 2.75) is 0 Å². The second-order valence-electron chi connectivity index (χ2n) is 13.0. The maximum atomic E-state index is 4.71. The summed E-state index contributed by atoms with van der Waals surface area (Å²) in [4.78, 5) is 0. The molecule has 0 aliphatic heterocycles. The van der Waals surface area contributed by atoms with Crippen molar-refractivity contribution in [2.75, 3.05) is 0 Å². The van der Waals surface area contributed by atoms with Crippen LogP contribution in [0, 0.1) is 0 Å². The summed E-state index contributed by atoms with van der Waals surface area (Å²) in [5.74, 6) is 0. The van der Waals surface area contributed by atoms with E-state index in [4.69, 9.17) is 5.10 Å². The van der Waals surface area contributed by atoms with Gasteiger partial charge >= 0.3 is 0 Å². The fourth-order valence-electron chi connectivity index (χ4n) is 8.28. The van der Waals surface area contributed by atoms with Gasteiger partial charge in [-0.1, -0.05) is 109 Å². The minimum Gasteiger partial charge on any atom is -0.309 e. The van der Waals surface area contributed by atoms with Crippen molar-refractivity contribution in [1.82, 2.24) is 29.1 Å². The third kappa shape index (κ3) is 3.95. The van der Waals surface area contributed by atoms with Crippen LogP contribution >= 0.6 is 0 Å². The van der Waals surface area contributed by atoms with Gasteiger partial charge < -0.3 is 13.7 Å². The predicted octanol–water partition coefficient (Wildman–Crippen LogP) is 10.8. The first-order chi connectivity index (χ1) is 25.3. The van der Waals surface area contributed by atoms with Gasteiger partial charge in [-0.15, -0.1) is 10.2 Å². The molecule has 0 atom stereocenters. The van der Waals surface area contributed by atoms with E-state index < -0.39 is 0 Å². The van der Waals surface area contributed by atoms with Gasteiger partial charge in [0.15, 0.2) is 0 Å². The lowest BCUT2D eigenvalue weighted by molar-refractivity contribution is 0.869. The van der Waals surface area contributed by atoms with Gasteiger partial charge in [0, 0.05) is 32.3 Å². The van der Waals surface area contributed by atoms with Crippen molar-refractivity contribution < 1.29 is 0 Å². The van der Waals surface area contributed by atoms with Crippen molar-refractivity contribution in [3.05, 3.63) is 170 Å². The number of hydrogen-bond acceptors (Lipinski definition) is 3. The molecule has 7 aromatic carbocycles. The SMILES string of the molecule is c1ccc2c(c1)c1ccccc1n2-c1cc(-n2c3ccccc3c3ccccc32)c(-c2ccnnn2)c(-n2c3ccccc3c3ccccc32)c1. The van der Waals surface area contributed by atoms with E-state index >= 15 is 0 Å².